The number of carbonyl (C=O) groups excluding carboxylic acids is 1. The van der Waals surface area contributed by atoms with Crippen molar-refractivity contribution in [3.8, 4) is 0 Å². The minimum Gasteiger partial charge on any atom is -0.342 e. The number of nitrogens with zero attached hydrogens (tertiary/aromatic N) is 1. The van der Waals surface area contributed by atoms with Crippen LogP contribution in [0.1, 0.15) is 36.8 Å². The van der Waals surface area contributed by atoms with Crippen molar-refractivity contribution in [2.24, 2.45) is 5.92 Å². The number of aryl methyl sites for hydroxylation is 1. The van der Waals surface area contributed by atoms with Crippen molar-refractivity contribution < 1.29 is 4.79 Å². The molecule has 0 aliphatic carbocycles. The van der Waals surface area contributed by atoms with Crippen LogP contribution in [-0.4, -0.2) is 36.5 Å². The molecule has 0 saturated carbocycles. The molecule has 1 unspecified atom stereocenters. The Morgan fingerprint density at radius 1 is 1.23 bits per heavy atom. The van der Waals surface area contributed by atoms with Gasteiger partial charge < -0.3 is 10.2 Å². The quantitative estimate of drug-likeness (QED) is 0.928. The zero-order valence-electron chi connectivity index (χ0n) is 13.4. The summed E-state index contributed by atoms with van der Waals surface area (Å²) in [6, 6.07) is 8.92. The zero-order chi connectivity index (χ0) is 14.7. The summed E-state index contributed by atoms with van der Waals surface area (Å²) in [5.74, 6) is 1.07. The van der Waals surface area contributed by atoms with Crippen LogP contribution in [0, 0.1) is 12.8 Å². The summed E-state index contributed by atoms with van der Waals surface area (Å²) in [5, 5.41) is 3.61. The van der Waals surface area contributed by atoms with E-state index in [4.69, 9.17) is 0 Å². The summed E-state index contributed by atoms with van der Waals surface area (Å²) >= 11 is 0. The molecule has 0 aromatic heterocycles. The van der Waals surface area contributed by atoms with Crippen LogP contribution in [0.4, 0.5) is 0 Å². The largest absolute Gasteiger partial charge is 0.342 e. The number of rotatable bonds is 3. The maximum absolute atomic E-state index is 12.5. The number of hydrogen-bond donors (Lipinski definition) is 1. The van der Waals surface area contributed by atoms with Crippen LogP contribution >= 0.6 is 12.4 Å². The van der Waals surface area contributed by atoms with Gasteiger partial charge in [-0.25, -0.2) is 0 Å². The van der Waals surface area contributed by atoms with Crippen molar-refractivity contribution in [2.75, 3.05) is 19.6 Å². The molecule has 3 rings (SSSR count). The molecule has 3 nitrogen and oxygen atoms in total. The molecule has 1 aromatic carbocycles. The molecule has 2 heterocycles. The summed E-state index contributed by atoms with van der Waals surface area (Å²) in [5.41, 5.74) is 2.39. The SMILES string of the molecule is Cc1ccccc1CC(=O)N1CCC(C2CCCN2)CC1.Cl. The lowest BCUT2D eigenvalue weighted by atomic mass is 9.88. The zero-order valence-corrected chi connectivity index (χ0v) is 14.2. The Morgan fingerprint density at radius 3 is 2.59 bits per heavy atom. The number of hydrogen-bond acceptors (Lipinski definition) is 2. The van der Waals surface area contributed by atoms with E-state index in [0.717, 1.165) is 31.8 Å². The second-order valence-corrected chi connectivity index (χ2v) is 6.52. The van der Waals surface area contributed by atoms with Gasteiger partial charge in [0.15, 0.2) is 0 Å². The second kappa shape index (κ2) is 7.98. The molecule has 1 N–H and O–H groups in total. The highest BCUT2D eigenvalue weighted by molar-refractivity contribution is 5.85. The lowest BCUT2D eigenvalue weighted by Gasteiger charge is -2.35. The fourth-order valence-corrected chi connectivity index (χ4v) is 3.75. The predicted molar refractivity (Wildman–Crippen MR) is 92.5 cm³/mol. The molecule has 0 radical (unpaired) electrons. The van der Waals surface area contributed by atoms with Crippen molar-refractivity contribution in [3.05, 3.63) is 35.4 Å². The molecule has 2 aliphatic heterocycles. The predicted octanol–water partition coefficient (Wildman–Crippen LogP) is 2.95. The molecule has 2 aliphatic rings. The van der Waals surface area contributed by atoms with Gasteiger partial charge in [-0.05, 0) is 56.2 Å². The van der Waals surface area contributed by atoms with Gasteiger partial charge in [-0.1, -0.05) is 24.3 Å². The smallest absolute Gasteiger partial charge is 0.226 e. The van der Waals surface area contributed by atoms with Crippen molar-refractivity contribution in [1.29, 1.82) is 0 Å². The van der Waals surface area contributed by atoms with Gasteiger partial charge >= 0.3 is 0 Å². The maximum atomic E-state index is 12.5. The Morgan fingerprint density at radius 2 is 1.95 bits per heavy atom. The van der Waals surface area contributed by atoms with Gasteiger partial charge in [0.25, 0.3) is 0 Å². The van der Waals surface area contributed by atoms with Crippen LogP contribution in [0.15, 0.2) is 24.3 Å². The van der Waals surface area contributed by atoms with Crippen LogP contribution < -0.4 is 5.32 Å². The van der Waals surface area contributed by atoms with Crippen LogP contribution in [0.5, 0.6) is 0 Å². The summed E-state index contributed by atoms with van der Waals surface area (Å²) < 4.78 is 0. The van der Waals surface area contributed by atoms with E-state index >= 15 is 0 Å². The van der Waals surface area contributed by atoms with Crippen molar-refractivity contribution in [2.45, 2.75) is 45.1 Å². The number of carbonyl (C=O) groups is 1. The second-order valence-electron chi connectivity index (χ2n) is 6.52. The standard InChI is InChI=1S/C18H26N2O.ClH/c1-14-5-2-3-6-16(14)13-18(21)20-11-8-15(9-12-20)17-7-4-10-19-17;/h2-3,5-6,15,17,19H,4,7-13H2,1H3;1H. The minimum absolute atomic E-state index is 0. The highest BCUT2D eigenvalue weighted by Crippen LogP contribution is 2.26. The third-order valence-electron chi connectivity index (χ3n) is 5.16. The topological polar surface area (TPSA) is 32.3 Å². The van der Waals surface area contributed by atoms with Crippen LogP contribution in [0.25, 0.3) is 0 Å². The molecule has 4 heteroatoms. The first kappa shape index (κ1) is 17.3. The normalized spacial score (nSPS) is 22.4. The number of benzene rings is 1. The summed E-state index contributed by atoms with van der Waals surface area (Å²) in [6.45, 7) is 5.14. The fraction of sp³-hybridized carbons (Fsp3) is 0.611. The van der Waals surface area contributed by atoms with Crippen molar-refractivity contribution in [3.63, 3.8) is 0 Å². The Kier molecular flexibility index (Phi) is 6.27. The van der Waals surface area contributed by atoms with E-state index in [1.54, 1.807) is 0 Å². The molecular formula is C18H27ClN2O. The van der Waals surface area contributed by atoms with Gasteiger partial charge in [-0.2, -0.15) is 0 Å². The van der Waals surface area contributed by atoms with Gasteiger partial charge in [-0.15, -0.1) is 12.4 Å². The van der Waals surface area contributed by atoms with E-state index in [1.807, 2.05) is 12.1 Å². The molecule has 2 saturated heterocycles. The van der Waals surface area contributed by atoms with Crippen molar-refractivity contribution >= 4 is 18.3 Å². The van der Waals surface area contributed by atoms with E-state index < -0.39 is 0 Å². The van der Waals surface area contributed by atoms with Crippen LogP contribution in [0.2, 0.25) is 0 Å². The van der Waals surface area contributed by atoms with E-state index in [9.17, 15) is 4.79 Å². The van der Waals surface area contributed by atoms with E-state index in [0.29, 0.717) is 18.4 Å². The molecule has 0 spiro atoms. The molecular weight excluding hydrogens is 296 g/mol. The first-order valence-corrected chi connectivity index (χ1v) is 8.29. The first-order chi connectivity index (χ1) is 10.2. The fourth-order valence-electron chi connectivity index (χ4n) is 3.75. The molecule has 1 aromatic rings. The molecule has 1 amide bonds. The van der Waals surface area contributed by atoms with Crippen LogP contribution in [0.3, 0.4) is 0 Å². The molecule has 1 atom stereocenters. The highest BCUT2D eigenvalue weighted by atomic mass is 35.5. The summed E-state index contributed by atoms with van der Waals surface area (Å²) in [4.78, 5) is 14.5. The molecule has 0 bridgehead atoms. The number of amides is 1. The van der Waals surface area contributed by atoms with Gasteiger partial charge in [0.2, 0.25) is 5.91 Å². The third kappa shape index (κ3) is 4.02. The number of likely N-dealkylation sites (tertiary alicyclic amines) is 1. The molecule has 22 heavy (non-hydrogen) atoms. The monoisotopic (exact) mass is 322 g/mol. The summed E-state index contributed by atoms with van der Waals surface area (Å²) in [7, 11) is 0. The number of halogens is 1. The van der Waals surface area contributed by atoms with E-state index in [2.05, 4.69) is 29.3 Å². The van der Waals surface area contributed by atoms with Gasteiger partial charge in [0.05, 0.1) is 6.42 Å². The highest BCUT2D eigenvalue weighted by Gasteiger charge is 2.29. The molecule has 2 fully saturated rings. The average Bonchev–Trinajstić information content (AvgIpc) is 3.04. The molecule has 122 valence electrons. The van der Waals surface area contributed by atoms with Gasteiger partial charge in [0.1, 0.15) is 0 Å². The van der Waals surface area contributed by atoms with Crippen LogP contribution in [-0.2, 0) is 11.2 Å². The number of piperidine rings is 1. The Balaban J connectivity index is 0.00000176. The average molecular weight is 323 g/mol. The Hall–Kier alpha value is -1.06. The Bertz CT molecular complexity index is 492. The van der Waals surface area contributed by atoms with E-state index in [-0.39, 0.29) is 12.4 Å². The first-order valence-electron chi connectivity index (χ1n) is 8.29. The lowest BCUT2D eigenvalue weighted by Crippen LogP contribution is -2.43. The van der Waals surface area contributed by atoms with Gasteiger partial charge in [0, 0.05) is 19.1 Å². The Labute approximate surface area is 139 Å². The number of nitrogens with one attached hydrogen (secondary N) is 1. The minimum atomic E-state index is 0. The lowest BCUT2D eigenvalue weighted by molar-refractivity contribution is -0.132. The third-order valence-corrected chi connectivity index (χ3v) is 5.16. The maximum Gasteiger partial charge on any atom is 0.226 e. The van der Waals surface area contributed by atoms with E-state index in [1.165, 1.54) is 30.5 Å². The summed E-state index contributed by atoms with van der Waals surface area (Å²) in [6.07, 6.45) is 5.52. The van der Waals surface area contributed by atoms with Crippen molar-refractivity contribution in [1.82, 2.24) is 10.2 Å². The van der Waals surface area contributed by atoms with Gasteiger partial charge in [-0.3, -0.25) is 4.79 Å².